The lowest BCUT2D eigenvalue weighted by atomic mass is 10.0. The standard InChI is InChI=1S/C25H19N5O2.C16H12N4O.C9H9NO2.C2H4O2.CH4/c31-24(17-12-16(17)20-8-4-5-9-26-20)28-15-10-18-22-19(13-27-30-25(18)32)23(29-21(22)11-15)14-6-2-1-3-7-14;17-10-6-11-14-12(8-18-20-16(11)21)15(19-13(14)7-10)9-4-2-1-3-5-9;11-9(12)7-5-6(7)8-3-1-2-4-10-8;1-2(3)4;/h1-11,13,16-17,29H,12H2,(H,28,31)(H,30,32);1-8,19H,17H2,(H,20,21);1-4,6-7H,5H2,(H,11,12);1H3,(H,3,4);1H4. The number of pyridine rings is 2. The second-order valence-corrected chi connectivity index (χ2v) is 16.6. The largest absolute Gasteiger partial charge is 0.481 e. The molecule has 17 heteroatoms. The summed E-state index contributed by atoms with van der Waals surface area (Å²) in [5, 5.41) is 28.8. The minimum absolute atomic E-state index is 0. The summed E-state index contributed by atoms with van der Waals surface area (Å²) >= 11 is 0. The molecule has 8 aromatic rings. The van der Waals surface area contributed by atoms with E-state index in [4.69, 9.17) is 20.7 Å². The summed E-state index contributed by atoms with van der Waals surface area (Å²) in [4.78, 5) is 72.4. The molecule has 2 fully saturated rings. The van der Waals surface area contributed by atoms with Crippen LogP contribution in [0.5, 0.6) is 0 Å². The fourth-order valence-electron chi connectivity index (χ4n) is 8.55. The summed E-state index contributed by atoms with van der Waals surface area (Å²) in [5.41, 5.74) is 22.1. The molecule has 2 saturated carbocycles. The molecule has 12 rings (SSSR count). The lowest BCUT2D eigenvalue weighted by Gasteiger charge is -2.08. The first-order chi connectivity index (χ1) is 33.4. The first kappa shape index (κ1) is 47.3. The number of rotatable bonds is 7. The van der Waals surface area contributed by atoms with Crippen molar-refractivity contribution in [1.82, 2.24) is 30.8 Å². The number of carbonyl (C=O) groups excluding carboxylic acids is 3. The van der Waals surface area contributed by atoms with Gasteiger partial charge in [-0.25, -0.2) is 10.9 Å². The summed E-state index contributed by atoms with van der Waals surface area (Å²) in [7, 11) is 0. The van der Waals surface area contributed by atoms with Gasteiger partial charge >= 0.3 is 5.97 Å². The highest BCUT2D eigenvalue weighted by Crippen LogP contribution is 2.48. The number of carboxylic acids is 2. The number of anilines is 2. The average Bonchev–Trinajstić information content (AvgIpc) is 4.28. The number of carbonyl (C=O) groups is 5. The average molecular weight is 937 g/mol. The highest BCUT2D eigenvalue weighted by molar-refractivity contribution is 6.19. The first-order valence-electron chi connectivity index (χ1n) is 21.9. The zero-order valence-electron chi connectivity index (χ0n) is 36.9. The van der Waals surface area contributed by atoms with Gasteiger partial charge in [0.25, 0.3) is 17.8 Å². The van der Waals surface area contributed by atoms with Crippen LogP contribution in [0.3, 0.4) is 0 Å². The van der Waals surface area contributed by atoms with E-state index in [0.29, 0.717) is 22.5 Å². The maximum Gasteiger partial charge on any atom is 0.307 e. The van der Waals surface area contributed by atoms with Gasteiger partial charge in [-0.3, -0.25) is 33.9 Å². The van der Waals surface area contributed by atoms with Crippen molar-refractivity contribution in [2.45, 2.75) is 39.0 Å². The predicted octanol–water partition coefficient (Wildman–Crippen LogP) is 8.54. The van der Waals surface area contributed by atoms with E-state index in [9.17, 15) is 19.2 Å². The normalized spacial score (nSPS) is 17.5. The van der Waals surface area contributed by atoms with Crippen molar-refractivity contribution < 1.29 is 34.2 Å². The number of nitrogens with zero attached hydrogens (tertiary/aromatic N) is 4. The number of amides is 3. The van der Waals surface area contributed by atoms with Gasteiger partial charge in [-0.1, -0.05) is 80.2 Å². The molecule has 0 bridgehead atoms. The fourth-order valence-corrected chi connectivity index (χ4v) is 8.55. The van der Waals surface area contributed by atoms with Crippen molar-refractivity contribution in [2.24, 2.45) is 22.0 Å². The molecule has 0 spiro atoms. The van der Waals surface area contributed by atoms with Crippen LogP contribution in [0.1, 0.15) is 82.3 Å². The van der Waals surface area contributed by atoms with Crippen LogP contribution in [0, 0.1) is 11.8 Å². The van der Waals surface area contributed by atoms with E-state index in [1.165, 1.54) is 0 Å². The molecule has 4 atom stereocenters. The van der Waals surface area contributed by atoms with Crippen molar-refractivity contribution in [3.05, 3.63) is 167 Å². The molecule has 4 aliphatic rings. The number of aromatic nitrogens is 4. The van der Waals surface area contributed by atoms with Gasteiger partial charge in [-0.05, 0) is 72.5 Å². The van der Waals surface area contributed by atoms with E-state index < -0.39 is 11.9 Å². The molecule has 9 N–H and O–H groups in total. The molecule has 3 amide bonds. The van der Waals surface area contributed by atoms with Crippen LogP contribution in [0.25, 0.3) is 44.3 Å². The van der Waals surface area contributed by atoms with E-state index in [0.717, 1.165) is 86.6 Å². The third-order valence-corrected chi connectivity index (χ3v) is 11.9. The summed E-state index contributed by atoms with van der Waals surface area (Å²) < 4.78 is 0. The Labute approximate surface area is 401 Å². The summed E-state index contributed by atoms with van der Waals surface area (Å²) in [6.07, 6.45) is 8.30. The molecular formula is C53H48N10O7. The van der Waals surface area contributed by atoms with Crippen LogP contribution in [0.15, 0.2) is 144 Å². The van der Waals surface area contributed by atoms with Gasteiger partial charge in [-0.15, -0.1) is 0 Å². The second-order valence-electron chi connectivity index (χ2n) is 16.6. The number of nitrogens with two attached hydrogens (primary N) is 1. The number of H-pyrrole nitrogens is 2. The molecule has 70 heavy (non-hydrogen) atoms. The van der Waals surface area contributed by atoms with E-state index in [1.807, 2.05) is 109 Å². The Morgan fingerprint density at radius 1 is 0.629 bits per heavy atom. The van der Waals surface area contributed by atoms with Crippen molar-refractivity contribution in [3.63, 3.8) is 0 Å². The zero-order chi connectivity index (χ0) is 48.2. The number of aromatic amines is 2. The fraction of sp³-hybridized carbons (Fsp3) is 0.151. The van der Waals surface area contributed by atoms with Gasteiger partial charge < -0.3 is 31.2 Å². The second kappa shape index (κ2) is 20.3. The summed E-state index contributed by atoms with van der Waals surface area (Å²) in [6.45, 7) is 1.08. The summed E-state index contributed by atoms with van der Waals surface area (Å²) in [5.74, 6) is -2.17. The van der Waals surface area contributed by atoms with Gasteiger partial charge in [0.05, 0.1) is 40.9 Å². The third-order valence-electron chi connectivity index (χ3n) is 11.9. The summed E-state index contributed by atoms with van der Waals surface area (Å²) in [6, 6.07) is 38.3. The van der Waals surface area contributed by atoms with Gasteiger partial charge in [0.1, 0.15) is 0 Å². The predicted molar refractivity (Wildman–Crippen MR) is 268 cm³/mol. The Morgan fingerprint density at radius 2 is 1.09 bits per heavy atom. The molecule has 0 saturated heterocycles. The number of hydrazone groups is 2. The Bertz CT molecular complexity index is 3310. The van der Waals surface area contributed by atoms with Crippen LogP contribution < -0.4 is 21.9 Å². The van der Waals surface area contributed by atoms with E-state index in [-0.39, 0.29) is 48.8 Å². The minimum atomic E-state index is -0.833. The lowest BCUT2D eigenvalue weighted by molar-refractivity contribution is -0.138. The molecule has 4 aromatic carbocycles. The molecule has 4 aromatic heterocycles. The highest BCUT2D eigenvalue weighted by Gasteiger charge is 2.45. The zero-order valence-corrected chi connectivity index (χ0v) is 36.9. The molecular weight excluding hydrogens is 889 g/mol. The van der Waals surface area contributed by atoms with Crippen molar-refractivity contribution in [2.75, 3.05) is 11.1 Å². The Hall–Kier alpha value is -9.25. The maximum absolute atomic E-state index is 12.9. The number of aliphatic carboxylic acids is 2. The van der Waals surface area contributed by atoms with Crippen molar-refractivity contribution in [3.8, 4) is 22.5 Å². The molecule has 17 nitrogen and oxygen atoms in total. The van der Waals surface area contributed by atoms with Crippen LogP contribution in [0.2, 0.25) is 0 Å². The lowest BCUT2D eigenvalue weighted by Crippen LogP contribution is -2.18. The van der Waals surface area contributed by atoms with Gasteiger partial charge in [0.2, 0.25) is 5.91 Å². The number of nitrogen functional groups attached to an aromatic ring is 1. The molecule has 2 aliphatic carbocycles. The quantitative estimate of drug-likeness (QED) is 0.0705. The molecule has 2 aliphatic heterocycles. The van der Waals surface area contributed by atoms with Crippen LogP contribution in [-0.4, -0.2) is 72.2 Å². The molecule has 4 unspecified atom stereocenters. The molecule has 352 valence electrons. The monoisotopic (exact) mass is 936 g/mol. The third kappa shape index (κ3) is 10.2. The smallest absolute Gasteiger partial charge is 0.307 e. The molecule has 6 heterocycles. The number of carboxylic acid groups (broad SMARTS) is 2. The topological polar surface area (TPSA) is 270 Å². The minimum Gasteiger partial charge on any atom is -0.481 e. The van der Waals surface area contributed by atoms with E-state index in [2.05, 4.69) is 46.3 Å². The highest BCUT2D eigenvalue weighted by atomic mass is 16.4. The SMILES string of the molecule is C.CC(=O)O.Nc1cc2c3c(c(-c4ccccc4)[nH]c3c1)C=NNC2=O.O=C(O)C1CC1c1ccccn1.O=C1NN=Cc2c(-c3ccccc3)[nH]c3cc(NC(=O)C4CC4c4ccccn4)cc1c23. The van der Waals surface area contributed by atoms with Gasteiger partial charge in [-0.2, -0.15) is 10.2 Å². The van der Waals surface area contributed by atoms with Gasteiger partial charge in [0.15, 0.2) is 0 Å². The van der Waals surface area contributed by atoms with Crippen LogP contribution in [-0.2, 0) is 14.4 Å². The number of benzene rings is 4. The number of hydrogen-bond donors (Lipinski definition) is 8. The van der Waals surface area contributed by atoms with Gasteiger partial charge in [0, 0.05) is 92.8 Å². The number of nitrogens with one attached hydrogen (secondary N) is 5. The Kier molecular flexibility index (Phi) is 13.7. The maximum atomic E-state index is 12.9. The Balaban J connectivity index is 0.000000148. The number of hydrogen-bond acceptors (Lipinski definition) is 10. The van der Waals surface area contributed by atoms with Crippen LogP contribution in [0.4, 0.5) is 11.4 Å². The van der Waals surface area contributed by atoms with Crippen molar-refractivity contribution in [1.29, 1.82) is 0 Å². The van der Waals surface area contributed by atoms with E-state index in [1.54, 1.807) is 37.0 Å². The van der Waals surface area contributed by atoms with E-state index >= 15 is 0 Å². The van der Waals surface area contributed by atoms with Crippen LogP contribution >= 0.6 is 0 Å². The Morgan fingerprint density at radius 3 is 1.56 bits per heavy atom. The van der Waals surface area contributed by atoms with Crippen molar-refractivity contribution >= 4 is 75.3 Å². The molecule has 0 radical (unpaired) electrons. The first-order valence-corrected chi connectivity index (χ1v) is 21.9.